The largest absolute Gasteiger partial charge is 0.477 e. The zero-order valence-corrected chi connectivity index (χ0v) is 15.4. The molecule has 1 aliphatic rings. The molecule has 1 unspecified atom stereocenters. The predicted molar refractivity (Wildman–Crippen MR) is 99.8 cm³/mol. The number of aromatic nitrogens is 2. The summed E-state index contributed by atoms with van der Waals surface area (Å²) in [6.07, 6.45) is 5.48. The number of aryl methyl sites for hydroxylation is 3. The van der Waals surface area contributed by atoms with E-state index >= 15 is 0 Å². The van der Waals surface area contributed by atoms with E-state index in [1.54, 1.807) is 6.07 Å². The number of hydroxylamine groups is 1. The second-order valence-electron chi connectivity index (χ2n) is 6.69. The van der Waals surface area contributed by atoms with Gasteiger partial charge in [0.1, 0.15) is 11.8 Å². The maximum atomic E-state index is 11.3. The Kier molecular flexibility index (Phi) is 5.42. The second-order valence-corrected chi connectivity index (χ2v) is 6.69. The van der Waals surface area contributed by atoms with Crippen molar-refractivity contribution in [2.45, 2.75) is 52.6 Å². The third kappa shape index (κ3) is 3.80. The Morgan fingerprint density at radius 2 is 2.08 bits per heavy atom. The Hall–Kier alpha value is -2.60. The first kappa shape index (κ1) is 18.2. The van der Waals surface area contributed by atoms with Crippen molar-refractivity contribution >= 4 is 5.97 Å². The minimum absolute atomic E-state index is 0.0881. The van der Waals surface area contributed by atoms with Crippen LogP contribution >= 0.6 is 0 Å². The van der Waals surface area contributed by atoms with Gasteiger partial charge in [-0.25, -0.2) is 9.78 Å². The van der Waals surface area contributed by atoms with Crippen molar-refractivity contribution in [2.75, 3.05) is 0 Å². The molecule has 1 atom stereocenters. The summed E-state index contributed by atoms with van der Waals surface area (Å²) in [6.45, 7) is 6.13. The van der Waals surface area contributed by atoms with E-state index in [0.717, 1.165) is 47.5 Å². The van der Waals surface area contributed by atoms with Gasteiger partial charge in [-0.3, -0.25) is 10.3 Å². The fourth-order valence-corrected chi connectivity index (χ4v) is 3.46. The first-order chi connectivity index (χ1) is 12.5. The van der Waals surface area contributed by atoms with Gasteiger partial charge in [0, 0.05) is 34.4 Å². The molecule has 0 fully saturated rings. The fourth-order valence-electron chi connectivity index (χ4n) is 3.46. The molecule has 0 spiro atoms. The van der Waals surface area contributed by atoms with Crippen LogP contribution in [0.25, 0.3) is 11.1 Å². The van der Waals surface area contributed by atoms with Crippen LogP contribution in [0.4, 0.5) is 0 Å². The molecule has 0 saturated heterocycles. The van der Waals surface area contributed by atoms with E-state index in [1.165, 1.54) is 5.57 Å². The summed E-state index contributed by atoms with van der Waals surface area (Å²) in [6, 6.07) is 5.53. The van der Waals surface area contributed by atoms with Crippen molar-refractivity contribution in [3.05, 3.63) is 52.7 Å². The monoisotopic (exact) mass is 355 g/mol. The van der Waals surface area contributed by atoms with E-state index in [0.29, 0.717) is 6.42 Å². The summed E-state index contributed by atoms with van der Waals surface area (Å²) in [5, 5.41) is 9.29. The predicted octanol–water partition coefficient (Wildman–Crippen LogP) is 3.91. The second kappa shape index (κ2) is 7.74. The molecular weight excluding hydrogens is 330 g/mol. The molecule has 2 aromatic heterocycles. The number of nitrogens with zero attached hydrogens (tertiary/aromatic N) is 1. The molecule has 0 bridgehead atoms. The van der Waals surface area contributed by atoms with Crippen LogP contribution in [0.5, 0.6) is 0 Å². The van der Waals surface area contributed by atoms with Crippen molar-refractivity contribution < 1.29 is 14.7 Å². The number of aromatic carboxylic acids is 1. The third-order valence-electron chi connectivity index (χ3n) is 4.75. The lowest BCUT2D eigenvalue weighted by atomic mass is 9.97. The highest BCUT2D eigenvalue weighted by atomic mass is 16.7. The Balaban J connectivity index is 1.82. The molecule has 0 radical (unpaired) electrons. The van der Waals surface area contributed by atoms with Gasteiger partial charge < -0.3 is 10.1 Å². The molecule has 6 heteroatoms. The summed E-state index contributed by atoms with van der Waals surface area (Å²) < 4.78 is 0. The number of nitrogens with one attached hydrogen (secondary N) is 2. The van der Waals surface area contributed by atoms with Crippen LogP contribution in [-0.2, 0) is 11.3 Å². The van der Waals surface area contributed by atoms with Gasteiger partial charge in [0.2, 0.25) is 0 Å². The number of aromatic amines is 1. The highest BCUT2D eigenvalue weighted by Crippen LogP contribution is 2.29. The topological polar surface area (TPSA) is 87.2 Å². The van der Waals surface area contributed by atoms with Gasteiger partial charge >= 0.3 is 5.97 Å². The summed E-state index contributed by atoms with van der Waals surface area (Å²) in [5.41, 5.74) is 9.22. The molecule has 0 aromatic carbocycles. The van der Waals surface area contributed by atoms with Gasteiger partial charge in [0.25, 0.3) is 0 Å². The Labute approximate surface area is 153 Å². The minimum atomic E-state index is -0.998. The normalized spacial score (nSPS) is 16.4. The molecule has 138 valence electrons. The van der Waals surface area contributed by atoms with E-state index in [1.807, 2.05) is 26.1 Å². The van der Waals surface area contributed by atoms with Crippen molar-refractivity contribution in [3.8, 4) is 11.1 Å². The molecule has 26 heavy (non-hydrogen) atoms. The number of carboxylic acid groups (broad SMARTS) is 1. The summed E-state index contributed by atoms with van der Waals surface area (Å²) in [5.74, 6) is -0.998. The van der Waals surface area contributed by atoms with Crippen molar-refractivity contribution in [2.24, 2.45) is 0 Å². The Morgan fingerprint density at radius 3 is 2.73 bits per heavy atom. The van der Waals surface area contributed by atoms with E-state index < -0.39 is 5.97 Å². The van der Waals surface area contributed by atoms with Crippen molar-refractivity contribution in [1.82, 2.24) is 15.4 Å². The van der Waals surface area contributed by atoms with E-state index in [4.69, 9.17) is 4.84 Å². The number of pyridine rings is 1. The molecule has 0 saturated carbocycles. The van der Waals surface area contributed by atoms with Crippen molar-refractivity contribution in [1.29, 1.82) is 0 Å². The lowest BCUT2D eigenvalue weighted by Crippen LogP contribution is -2.12. The number of H-pyrrole nitrogens is 1. The zero-order valence-electron chi connectivity index (χ0n) is 15.4. The molecule has 0 aliphatic carbocycles. The van der Waals surface area contributed by atoms with E-state index in [9.17, 15) is 9.90 Å². The quantitative estimate of drug-likeness (QED) is 0.701. The molecule has 6 nitrogen and oxygen atoms in total. The highest BCUT2D eigenvalue weighted by molar-refractivity contribution is 5.86. The third-order valence-corrected chi connectivity index (χ3v) is 4.75. The van der Waals surface area contributed by atoms with Crippen LogP contribution in [-0.4, -0.2) is 27.1 Å². The summed E-state index contributed by atoms with van der Waals surface area (Å²) in [4.78, 5) is 24.5. The lowest BCUT2D eigenvalue weighted by molar-refractivity contribution is 0.0402. The average Bonchev–Trinajstić information content (AvgIpc) is 3.20. The van der Waals surface area contributed by atoms with Gasteiger partial charge in [-0.1, -0.05) is 13.0 Å². The Morgan fingerprint density at radius 1 is 1.27 bits per heavy atom. The van der Waals surface area contributed by atoms with E-state index in [-0.39, 0.29) is 11.8 Å². The van der Waals surface area contributed by atoms with Crippen LogP contribution in [0.15, 0.2) is 30.0 Å². The van der Waals surface area contributed by atoms with Crippen LogP contribution in [0.2, 0.25) is 0 Å². The number of hydrogen-bond acceptors (Lipinski definition) is 4. The van der Waals surface area contributed by atoms with Gasteiger partial charge in [0.15, 0.2) is 0 Å². The molecule has 3 heterocycles. The summed E-state index contributed by atoms with van der Waals surface area (Å²) in [7, 11) is 0. The SMILES string of the molecule is CCC1ONC=C1CCCc1nc(C(=O)O)ccc1-c1cc(C)[nH]c1C. The van der Waals surface area contributed by atoms with Gasteiger partial charge in [-0.15, -0.1) is 0 Å². The molecule has 2 aromatic rings. The van der Waals surface area contributed by atoms with Crippen LogP contribution in [0.1, 0.15) is 53.8 Å². The molecule has 1 aliphatic heterocycles. The van der Waals surface area contributed by atoms with Crippen LogP contribution in [0, 0.1) is 13.8 Å². The molecule has 3 N–H and O–H groups in total. The first-order valence-corrected chi connectivity index (χ1v) is 8.99. The van der Waals surface area contributed by atoms with E-state index in [2.05, 4.69) is 28.4 Å². The maximum absolute atomic E-state index is 11.3. The number of carboxylic acids is 1. The fraction of sp³-hybridized carbons (Fsp3) is 0.400. The Bertz CT molecular complexity index is 839. The highest BCUT2D eigenvalue weighted by Gasteiger charge is 2.19. The standard InChI is InChI=1S/C20H25N3O3/c1-4-19-14(11-21-26-19)6-5-7-17-15(8-9-18(23-17)20(24)25)16-10-12(2)22-13(16)3/h8-11,19,21-22H,4-7H2,1-3H3,(H,24,25). The molecular formula is C20H25N3O3. The number of rotatable bonds is 7. The first-order valence-electron chi connectivity index (χ1n) is 8.99. The van der Waals surface area contributed by atoms with Gasteiger partial charge in [0.05, 0.1) is 0 Å². The molecule has 3 rings (SSSR count). The number of hydrogen-bond donors (Lipinski definition) is 3. The van der Waals surface area contributed by atoms with Gasteiger partial charge in [-0.2, -0.15) is 0 Å². The summed E-state index contributed by atoms with van der Waals surface area (Å²) >= 11 is 0. The minimum Gasteiger partial charge on any atom is -0.477 e. The average molecular weight is 355 g/mol. The van der Waals surface area contributed by atoms with Crippen molar-refractivity contribution in [3.63, 3.8) is 0 Å². The maximum Gasteiger partial charge on any atom is 0.354 e. The van der Waals surface area contributed by atoms with Crippen LogP contribution in [0.3, 0.4) is 0 Å². The molecule has 0 amide bonds. The smallest absolute Gasteiger partial charge is 0.354 e. The zero-order chi connectivity index (χ0) is 18.7. The van der Waals surface area contributed by atoms with Crippen LogP contribution < -0.4 is 5.48 Å². The van der Waals surface area contributed by atoms with Gasteiger partial charge in [-0.05, 0) is 57.2 Å². The lowest BCUT2D eigenvalue weighted by Gasteiger charge is -2.12. The number of carbonyl (C=O) groups is 1.